The van der Waals surface area contributed by atoms with E-state index in [1.807, 2.05) is 48.0 Å². The van der Waals surface area contributed by atoms with Crippen molar-refractivity contribution in [1.82, 2.24) is 14.5 Å². The van der Waals surface area contributed by atoms with Crippen LogP contribution >= 0.6 is 22.9 Å². The third kappa shape index (κ3) is 3.31. The third-order valence-electron chi connectivity index (χ3n) is 3.54. The SMILES string of the molecule is CN(Cc1ccc(Cl)s1)C(=O)CCn1cnc2ccccc21. The molecule has 0 fully saturated rings. The van der Waals surface area contributed by atoms with E-state index in [9.17, 15) is 4.79 Å². The standard InChI is InChI=1S/C16H16ClN3OS/c1-19(10-12-6-7-15(17)22-12)16(21)8-9-20-11-18-13-4-2-3-5-14(13)20/h2-7,11H,8-10H2,1H3. The number of aryl methyl sites for hydroxylation is 1. The Balaban J connectivity index is 1.59. The summed E-state index contributed by atoms with van der Waals surface area (Å²) >= 11 is 7.42. The molecular weight excluding hydrogens is 318 g/mol. The number of aromatic nitrogens is 2. The van der Waals surface area contributed by atoms with Crippen molar-refractivity contribution >= 4 is 39.9 Å². The summed E-state index contributed by atoms with van der Waals surface area (Å²) in [7, 11) is 1.82. The van der Waals surface area contributed by atoms with E-state index < -0.39 is 0 Å². The predicted molar refractivity (Wildman–Crippen MR) is 90.2 cm³/mol. The van der Waals surface area contributed by atoms with E-state index in [1.165, 1.54) is 11.3 Å². The number of amides is 1. The molecule has 3 rings (SSSR count). The van der Waals surface area contributed by atoms with Gasteiger partial charge in [-0.2, -0.15) is 0 Å². The van der Waals surface area contributed by atoms with Crippen molar-refractivity contribution in [2.75, 3.05) is 7.05 Å². The number of hydrogen-bond donors (Lipinski definition) is 0. The second-order valence-electron chi connectivity index (χ2n) is 5.13. The van der Waals surface area contributed by atoms with E-state index in [4.69, 9.17) is 11.6 Å². The minimum atomic E-state index is 0.113. The van der Waals surface area contributed by atoms with Crippen LogP contribution in [0.5, 0.6) is 0 Å². The van der Waals surface area contributed by atoms with Crippen LogP contribution in [0.15, 0.2) is 42.7 Å². The quantitative estimate of drug-likeness (QED) is 0.712. The lowest BCUT2D eigenvalue weighted by Crippen LogP contribution is -2.26. The molecule has 2 heterocycles. The highest BCUT2D eigenvalue weighted by Crippen LogP contribution is 2.22. The zero-order valence-electron chi connectivity index (χ0n) is 12.2. The van der Waals surface area contributed by atoms with E-state index >= 15 is 0 Å². The average Bonchev–Trinajstić information content (AvgIpc) is 3.11. The normalized spacial score (nSPS) is 11.0. The van der Waals surface area contributed by atoms with E-state index in [1.54, 1.807) is 11.2 Å². The molecule has 0 spiro atoms. The second-order valence-corrected chi connectivity index (χ2v) is 6.93. The van der Waals surface area contributed by atoms with Crippen LogP contribution in [0.25, 0.3) is 11.0 Å². The Kier molecular flexibility index (Phi) is 4.45. The number of carbonyl (C=O) groups excluding carboxylic acids is 1. The van der Waals surface area contributed by atoms with Crippen LogP contribution in [0.4, 0.5) is 0 Å². The van der Waals surface area contributed by atoms with Gasteiger partial charge in [0.15, 0.2) is 0 Å². The van der Waals surface area contributed by atoms with Gasteiger partial charge in [0.25, 0.3) is 0 Å². The lowest BCUT2D eigenvalue weighted by Gasteiger charge is -2.16. The summed E-state index contributed by atoms with van der Waals surface area (Å²) < 4.78 is 2.77. The highest BCUT2D eigenvalue weighted by molar-refractivity contribution is 7.16. The number of halogens is 1. The molecule has 1 amide bonds. The van der Waals surface area contributed by atoms with Gasteiger partial charge in [-0.1, -0.05) is 23.7 Å². The maximum atomic E-state index is 12.2. The van der Waals surface area contributed by atoms with Crippen molar-refractivity contribution in [3.8, 4) is 0 Å². The third-order valence-corrected chi connectivity index (χ3v) is 4.76. The van der Waals surface area contributed by atoms with Gasteiger partial charge in [-0.25, -0.2) is 4.98 Å². The summed E-state index contributed by atoms with van der Waals surface area (Å²) in [6.45, 7) is 1.23. The minimum absolute atomic E-state index is 0.113. The van der Waals surface area contributed by atoms with Crippen molar-refractivity contribution in [3.05, 3.63) is 51.9 Å². The van der Waals surface area contributed by atoms with Gasteiger partial charge in [0.05, 0.1) is 28.2 Å². The first-order valence-corrected chi connectivity index (χ1v) is 8.21. The zero-order valence-corrected chi connectivity index (χ0v) is 13.8. The van der Waals surface area contributed by atoms with Crippen molar-refractivity contribution in [2.45, 2.75) is 19.5 Å². The van der Waals surface area contributed by atoms with E-state index in [2.05, 4.69) is 4.98 Å². The molecule has 6 heteroatoms. The number of benzene rings is 1. The molecule has 0 radical (unpaired) electrons. The van der Waals surface area contributed by atoms with Gasteiger partial charge in [-0.3, -0.25) is 4.79 Å². The largest absolute Gasteiger partial charge is 0.341 e. The van der Waals surface area contributed by atoms with Crippen LogP contribution in [0, 0.1) is 0 Å². The number of thiophene rings is 1. The van der Waals surface area contributed by atoms with Gasteiger partial charge in [-0.05, 0) is 24.3 Å². The molecule has 1 aromatic carbocycles. The number of hydrogen-bond acceptors (Lipinski definition) is 3. The number of rotatable bonds is 5. The molecule has 22 heavy (non-hydrogen) atoms. The van der Waals surface area contributed by atoms with Gasteiger partial charge in [-0.15, -0.1) is 11.3 Å². The van der Waals surface area contributed by atoms with Crippen LogP contribution < -0.4 is 0 Å². The smallest absolute Gasteiger partial charge is 0.224 e. The van der Waals surface area contributed by atoms with Gasteiger partial charge in [0, 0.05) is 24.9 Å². The Morgan fingerprint density at radius 1 is 1.32 bits per heavy atom. The van der Waals surface area contributed by atoms with E-state index in [0.29, 0.717) is 19.5 Å². The molecule has 0 bridgehead atoms. The fourth-order valence-corrected chi connectivity index (χ4v) is 3.50. The number of imidazole rings is 1. The summed E-state index contributed by atoms with van der Waals surface area (Å²) in [4.78, 5) is 19.4. The van der Waals surface area contributed by atoms with Gasteiger partial charge < -0.3 is 9.47 Å². The molecule has 0 aliphatic carbocycles. The Morgan fingerprint density at radius 2 is 2.14 bits per heavy atom. The van der Waals surface area contributed by atoms with Crippen LogP contribution in [0.2, 0.25) is 4.34 Å². The summed E-state index contributed by atoms with van der Waals surface area (Å²) in [6, 6.07) is 11.8. The topological polar surface area (TPSA) is 38.1 Å². The molecule has 4 nitrogen and oxygen atoms in total. The summed E-state index contributed by atoms with van der Waals surface area (Å²) in [6.07, 6.45) is 2.24. The molecule has 114 valence electrons. The molecule has 0 N–H and O–H groups in total. The predicted octanol–water partition coefficient (Wildman–Crippen LogP) is 3.80. The molecule has 3 aromatic rings. The van der Waals surface area contributed by atoms with E-state index in [0.717, 1.165) is 20.2 Å². The molecule has 0 aliphatic rings. The Hall–Kier alpha value is -1.85. The maximum Gasteiger partial charge on any atom is 0.224 e. The van der Waals surface area contributed by atoms with Crippen molar-refractivity contribution < 1.29 is 4.79 Å². The first-order chi connectivity index (χ1) is 10.6. The van der Waals surface area contributed by atoms with Crippen molar-refractivity contribution in [2.24, 2.45) is 0 Å². The highest BCUT2D eigenvalue weighted by Gasteiger charge is 2.11. The average molecular weight is 334 g/mol. The summed E-state index contributed by atoms with van der Waals surface area (Å²) in [5.41, 5.74) is 2.01. The Bertz CT molecular complexity index is 795. The second kappa shape index (κ2) is 6.50. The fraction of sp³-hybridized carbons (Fsp3) is 0.250. The Morgan fingerprint density at radius 3 is 2.91 bits per heavy atom. The summed E-state index contributed by atoms with van der Waals surface area (Å²) in [5, 5.41) is 0. The zero-order chi connectivity index (χ0) is 15.5. The first kappa shape index (κ1) is 15.1. The lowest BCUT2D eigenvalue weighted by atomic mass is 10.3. The maximum absolute atomic E-state index is 12.2. The molecular formula is C16H16ClN3OS. The Labute approximate surface area is 137 Å². The molecule has 0 aliphatic heterocycles. The lowest BCUT2D eigenvalue weighted by molar-refractivity contribution is -0.130. The van der Waals surface area contributed by atoms with Crippen molar-refractivity contribution in [3.63, 3.8) is 0 Å². The van der Waals surface area contributed by atoms with Gasteiger partial charge >= 0.3 is 0 Å². The molecule has 0 atom stereocenters. The molecule has 2 aromatic heterocycles. The highest BCUT2D eigenvalue weighted by atomic mass is 35.5. The number of fused-ring (bicyclic) bond motifs is 1. The van der Waals surface area contributed by atoms with Crippen molar-refractivity contribution in [1.29, 1.82) is 0 Å². The fourth-order valence-electron chi connectivity index (χ4n) is 2.35. The monoisotopic (exact) mass is 333 g/mol. The van der Waals surface area contributed by atoms with E-state index in [-0.39, 0.29) is 5.91 Å². The first-order valence-electron chi connectivity index (χ1n) is 7.01. The minimum Gasteiger partial charge on any atom is -0.341 e. The molecule has 0 saturated heterocycles. The molecule has 0 saturated carbocycles. The van der Waals surface area contributed by atoms with Crippen LogP contribution in [0.3, 0.4) is 0 Å². The van der Waals surface area contributed by atoms with Crippen LogP contribution in [0.1, 0.15) is 11.3 Å². The number of para-hydroxylation sites is 2. The van der Waals surface area contributed by atoms with Gasteiger partial charge in [0.1, 0.15) is 0 Å². The van der Waals surface area contributed by atoms with Crippen LogP contribution in [-0.2, 0) is 17.9 Å². The summed E-state index contributed by atoms with van der Waals surface area (Å²) in [5.74, 6) is 0.113. The number of nitrogens with zero attached hydrogens (tertiary/aromatic N) is 3. The van der Waals surface area contributed by atoms with Crippen LogP contribution in [-0.4, -0.2) is 27.4 Å². The van der Waals surface area contributed by atoms with Gasteiger partial charge in [0.2, 0.25) is 5.91 Å². The number of carbonyl (C=O) groups is 1. The molecule has 0 unspecified atom stereocenters.